The molecule has 0 aliphatic carbocycles. The summed E-state index contributed by atoms with van der Waals surface area (Å²) in [5.41, 5.74) is 0. The Morgan fingerprint density at radius 1 is 0.556 bits per heavy atom. The van der Waals surface area contributed by atoms with Gasteiger partial charge in [0.15, 0.2) is 0 Å². The summed E-state index contributed by atoms with van der Waals surface area (Å²) in [6.07, 6.45) is 14.1. The van der Waals surface area contributed by atoms with Gasteiger partial charge in [0.2, 0.25) is 0 Å². The fourth-order valence-electron chi connectivity index (χ4n) is 2.40. The molecule has 0 N–H and O–H groups in total. The zero-order chi connectivity index (χ0) is 13.0. The molecule has 0 spiro atoms. The molecule has 0 atom stereocenters. The lowest BCUT2D eigenvalue weighted by molar-refractivity contribution is -0.890. The van der Waals surface area contributed by atoms with Crippen molar-refractivity contribution in [3.8, 4) is 0 Å². The van der Waals surface area contributed by atoms with E-state index < -0.39 is 0 Å². The molecule has 0 heterocycles. The highest BCUT2D eigenvalue weighted by atomic mass is 35.5. The predicted molar refractivity (Wildman–Crippen MR) is 79.4 cm³/mol. The van der Waals surface area contributed by atoms with E-state index in [2.05, 4.69) is 27.9 Å². The Bertz CT molecular complexity index is 141. The van der Waals surface area contributed by atoms with Crippen LogP contribution in [0.3, 0.4) is 0 Å². The van der Waals surface area contributed by atoms with E-state index in [9.17, 15) is 0 Å². The second-order valence-electron chi connectivity index (χ2n) is 6.21. The van der Waals surface area contributed by atoms with Gasteiger partial charge in [0, 0.05) is 0 Å². The third-order valence-electron chi connectivity index (χ3n) is 3.73. The molecule has 1 nitrogen and oxygen atoms in total. The van der Waals surface area contributed by atoms with E-state index >= 15 is 0 Å². The minimum Gasteiger partial charge on any atom is -1.00 e. The predicted octanol–water partition coefficient (Wildman–Crippen LogP) is 2.01. The molecule has 2 heteroatoms. The number of halogens is 1. The van der Waals surface area contributed by atoms with Crippen LogP contribution in [0.4, 0.5) is 0 Å². The molecule has 0 aliphatic heterocycles. The van der Waals surface area contributed by atoms with Crippen molar-refractivity contribution in [1.82, 2.24) is 0 Å². The molecule has 18 heavy (non-hydrogen) atoms. The summed E-state index contributed by atoms with van der Waals surface area (Å²) in [5.74, 6) is 0. The van der Waals surface area contributed by atoms with Crippen LogP contribution < -0.4 is 12.4 Å². The zero-order valence-corrected chi connectivity index (χ0v) is 14.1. The monoisotopic (exact) mass is 277 g/mol. The van der Waals surface area contributed by atoms with Crippen LogP contribution in [-0.2, 0) is 0 Å². The number of hydrogen-bond acceptors (Lipinski definition) is 0. The largest absolute Gasteiger partial charge is 1.00 e. The van der Waals surface area contributed by atoms with Crippen molar-refractivity contribution in [2.75, 3.05) is 27.2 Å². The highest BCUT2D eigenvalue weighted by Gasteiger charge is 2.13. The van der Waals surface area contributed by atoms with Crippen molar-refractivity contribution >= 4 is 0 Å². The summed E-state index contributed by atoms with van der Waals surface area (Å²) >= 11 is 0. The van der Waals surface area contributed by atoms with Gasteiger partial charge >= 0.3 is 0 Å². The molecule has 0 aromatic heterocycles. The van der Waals surface area contributed by atoms with E-state index in [-0.39, 0.29) is 12.4 Å². The molecule has 0 bridgehead atoms. The summed E-state index contributed by atoms with van der Waals surface area (Å²) in [7, 11) is 4.80. The van der Waals surface area contributed by atoms with Crippen LogP contribution in [0, 0.1) is 0 Å². The molecule has 0 saturated carbocycles. The molecule has 0 saturated heterocycles. The fourth-order valence-corrected chi connectivity index (χ4v) is 2.40. The fraction of sp³-hybridized carbons (Fsp3) is 1.00. The number of hydrogen-bond donors (Lipinski definition) is 0. The molecule has 0 aromatic carbocycles. The van der Waals surface area contributed by atoms with Gasteiger partial charge < -0.3 is 16.9 Å². The molecule has 0 unspecified atom stereocenters. The van der Waals surface area contributed by atoms with E-state index in [1.54, 1.807) is 0 Å². The van der Waals surface area contributed by atoms with E-state index in [0.29, 0.717) is 0 Å². The quantitative estimate of drug-likeness (QED) is 0.378. The van der Waals surface area contributed by atoms with Gasteiger partial charge in [-0.3, -0.25) is 0 Å². The van der Waals surface area contributed by atoms with Crippen LogP contribution in [0.15, 0.2) is 0 Å². The average Bonchev–Trinajstić information content (AvgIpc) is 2.28. The summed E-state index contributed by atoms with van der Waals surface area (Å²) in [6.45, 7) is 7.32. The number of nitrogens with zero attached hydrogens (tertiary/aromatic N) is 1. The minimum atomic E-state index is 0. The maximum Gasteiger partial charge on any atom is 0.0782 e. The van der Waals surface area contributed by atoms with E-state index in [0.717, 1.165) is 0 Å². The standard InChI is InChI=1S/C16H36N.ClH/c1-5-7-9-11-13-15-17(3,4)16-14-12-10-8-6-2;/h5-16H2,1-4H3;1H/q+1;/p-1. The summed E-state index contributed by atoms with van der Waals surface area (Å²) in [6, 6.07) is 0. The van der Waals surface area contributed by atoms with E-state index in [1.807, 2.05) is 0 Å². The molecular weight excluding hydrogens is 242 g/mol. The first-order valence-corrected chi connectivity index (χ1v) is 7.94. The third kappa shape index (κ3) is 14.3. The zero-order valence-electron chi connectivity index (χ0n) is 13.3. The molecule has 0 radical (unpaired) electrons. The lowest BCUT2D eigenvalue weighted by Crippen LogP contribution is -3.00. The van der Waals surface area contributed by atoms with Crippen LogP contribution in [-0.4, -0.2) is 31.7 Å². The van der Waals surface area contributed by atoms with Crippen LogP contribution in [0.25, 0.3) is 0 Å². The van der Waals surface area contributed by atoms with E-state index in [4.69, 9.17) is 0 Å². The Labute approximate surface area is 122 Å². The summed E-state index contributed by atoms with van der Waals surface area (Å²) in [4.78, 5) is 0. The van der Waals surface area contributed by atoms with Gasteiger partial charge in [0.1, 0.15) is 0 Å². The first kappa shape index (κ1) is 20.6. The Morgan fingerprint density at radius 3 is 1.22 bits per heavy atom. The first-order valence-electron chi connectivity index (χ1n) is 7.94. The Kier molecular flexibility index (Phi) is 15.6. The smallest absolute Gasteiger partial charge is 0.0782 e. The molecule has 112 valence electrons. The molecule has 0 amide bonds. The van der Waals surface area contributed by atoms with Crippen molar-refractivity contribution in [3.63, 3.8) is 0 Å². The van der Waals surface area contributed by atoms with Crippen molar-refractivity contribution in [2.24, 2.45) is 0 Å². The molecular formula is C16H36ClN. The normalized spacial score (nSPS) is 11.3. The van der Waals surface area contributed by atoms with Crippen LogP contribution in [0.1, 0.15) is 78.1 Å². The van der Waals surface area contributed by atoms with Gasteiger partial charge in [-0.2, -0.15) is 0 Å². The van der Waals surface area contributed by atoms with Crippen molar-refractivity contribution in [3.05, 3.63) is 0 Å². The van der Waals surface area contributed by atoms with Gasteiger partial charge in [0.25, 0.3) is 0 Å². The molecule has 0 fully saturated rings. The van der Waals surface area contributed by atoms with Gasteiger partial charge in [-0.15, -0.1) is 0 Å². The lowest BCUT2D eigenvalue weighted by atomic mass is 10.1. The van der Waals surface area contributed by atoms with E-state index in [1.165, 1.54) is 81.8 Å². The maximum absolute atomic E-state index is 2.40. The summed E-state index contributed by atoms with van der Waals surface area (Å²) < 4.78 is 1.23. The van der Waals surface area contributed by atoms with Gasteiger partial charge in [-0.25, -0.2) is 0 Å². The second kappa shape index (κ2) is 13.7. The van der Waals surface area contributed by atoms with Crippen molar-refractivity contribution in [2.45, 2.75) is 78.1 Å². The third-order valence-corrected chi connectivity index (χ3v) is 3.73. The first-order chi connectivity index (χ1) is 8.12. The summed E-state index contributed by atoms with van der Waals surface area (Å²) in [5, 5.41) is 0. The molecule has 0 aromatic rings. The molecule has 0 rings (SSSR count). The Morgan fingerprint density at radius 2 is 0.889 bits per heavy atom. The highest BCUT2D eigenvalue weighted by molar-refractivity contribution is 4.45. The maximum atomic E-state index is 2.40. The minimum absolute atomic E-state index is 0. The van der Waals surface area contributed by atoms with Crippen molar-refractivity contribution < 1.29 is 16.9 Å². The second-order valence-corrected chi connectivity index (χ2v) is 6.21. The van der Waals surface area contributed by atoms with Gasteiger partial charge in [-0.1, -0.05) is 52.4 Å². The number of unbranched alkanes of at least 4 members (excludes halogenated alkanes) is 8. The number of quaternary nitrogens is 1. The topological polar surface area (TPSA) is 0 Å². The Balaban J connectivity index is 0. The number of rotatable bonds is 12. The van der Waals surface area contributed by atoms with Gasteiger partial charge in [-0.05, 0) is 25.7 Å². The van der Waals surface area contributed by atoms with Gasteiger partial charge in [0.05, 0.1) is 27.2 Å². The lowest BCUT2D eigenvalue weighted by Gasteiger charge is -2.30. The van der Waals surface area contributed by atoms with Crippen molar-refractivity contribution in [1.29, 1.82) is 0 Å². The van der Waals surface area contributed by atoms with Crippen LogP contribution in [0.5, 0.6) is 0 Å². The Hall–Kier alpha value is 0.250. The molecule has 0 aliphatic rings. The highest BCUT2D eigenvalue weighted by Crippen LogP contribution is 2.10. The average molecular weight is 278 g/mol. The SMILES string of the molecule is CCCCCCC[N+](C)(C)CCCCCCC.[Cl-]. The van der Waals surface area contributed by atoms with Crippen LogP contribution >= 0.6 is 0 Å². The van der Waals surface area contributed by atoms with Crippen LogP contribution in [0.2, 0.25) is 0 Å².